The highest BCUT2D eigenvalue weighted by Crippen LogP contribution is 2.30. The Morgan fingerprint density at radius 3 is 2.59 bits per heavy atom. The maximum atomic E-state index is 13.9. The summed E-state index contributed by atoms with van der Waals surface area (Å²) in [5.41, 5.74) is 2.88. The Hall–Kier alpha value is -3.60. The Labute approximate surface area is 168 Å². The number of carbonyl (C=O) groups is 1. The highest BCUT2D eigenvalue weighted by molar-refractivity contribution is 6.11. The number of rotatable bonds is 6. The topological polar surface area (TPSA) is 43.3 Å². The molecule has 29 heavy (non-hydrogen) atoms. The van der Waals surface area contributed by atoms with Gasteiger partial charge in [-0.2, -0.15) is 0 Å². The van der Waals surface area contributed by atoms with Gasteiger partial charge >= 0.3 is 0 Å². The van der Waals surface area contributed by atoms with E-state index in [4.69, 9.17) is 4.74 Å². The van der Waals surface area contributed by atoms with E-state index in [9.17, 15) is 9.18 Å². The monoisotopic (exact) mass is 388 g/mol. The van der Waals surface area contributed by atoms with Crippen molar-refractivity contribution >= 4 is 22.4 Å². The number of methoxy groups -OCH3 is 1. The number of hydrogen-bond donors (Lipinski definition) is 1. The van der Waals surface area contributed by atoms with Crippen LogP contribution in [0.4, 0.5) is 10.1 Å². The molecule has 0 saturated carbocycles. The van der Waals surface area contributed by atoms with Crippen molar-refractivity contribution in [1.29, 1.82) is 0 Å². The van der Waals surface area contributed by atoms with Crippen molar-refractivity contribution in [3.63, 3.8) is 0 Å². The summed E-state index contributed by atoms with van der Waals surface area (Å²) in [6, 6.07) is 20.8. The van der Waals surface area contributed by atoms with E-state index in [0.717, 1.165) is 16.8 Å². The van der Waals surface area contributed by atoms with Crippen molar-refractivity contribution in [2.45, 2.75) is 6.04 Å². The number of nitrogens with zero attached hydrogens (tertiary/aromatic N) is 1. The quantitative estimate of drug-likeness (QED) is 0.452. The molecule has 1 heterocycles. The number of ketones is 1. The van der Waals surface area contributed by atoms with Crippen molar-refractivity contribution in [3.8, 4) is 5.75 Å². The van der Waals surface area contributed by atoms with Gasteiger partial charge in [0.15, 0.2) is 5.78 Å². The zero-order chi connectivity index (χ0) is 20.4. The first kappa shape index (κ1) is 18.7. The van der Waals surface area contributed by atoms with Crippen LogP contribution >= 0.6 is 0 Å². The van der Waals surface area contributed by atoms with Crippen LogP contribution in [0.3, 0.4) is 0 Å². The molecule has 4 nitrogen and oxygen atoms in total. The molecular weight excluding hydrogens is 367 g/mol. The number of aromatic nitrogens is 1. The second-order valence-corrected chi connectivity index (χ2v) is 6.90. The number of hydrogen-bond acceptors (Lipinski definition) is 3. The molecule has 1 aromatic heterocycles. The molecule has 0 aliphatic heterocycles. The number of benzene rings is 3. The van der Waals surface area contributed by atoms with Crippen LogP contribution in [0.15, 0.2) is 79.0 Å². The van der Waals surface area contributed by atoms with Crippen LogP contribution in [0, 0.1) is 5.82 Å². The van der Waals surface area contributed by atoms with Crippen LogP contribution in [-0.2, 0) is 7.05 Å². The van der Waals surface area contributed by atoms with E-state index in [2.05, 4.69) is 5.32 Å². The molecule has 0 aliphatic carbocycles. The van der Waals surface area contributed by atoms with Crippen molar-refractivity contribution in [1.82, 2.24) is 4.57 Å². The predicted octanol–water partition coefficient (Wildman–Crippen LogP) is 5.36. The lowest BCUT2D eigenvalue weighted by molar-refractivity contribution is 0.0971. The molecule has 1 unspecified atom stereocenters. The molecule has 1 N–H and O–H groups in total. The summed E-state index contributed by atoms with van der Waals surface area (Å²) >= 11 is 0. The number of ether oxygens (including phenoxy) is 1. The maximum absolute atomic E-state index is 13.9. The molecule has 4 rings (SSSR count). The van der Waals surface area contributed by atoms with Gasteiger partial charge in [0.2, 0.25) is 0 Å². The smallest absolute Gasteiger partial charge is 0.191 e. The molecule has 0 bridgehead atoms. The van der Waals surface area contributed by atoms with Crippen molar-refractivity contribution in [2.75, 3.05) is 12.4 Å². The lowest BCUT2D eigenvalue weighted by Gasteiger charge is -2.19. The number of halogens is 1. The fourth-order valence-corrected chi connectivity index (χ4v) is 3.54. The van der Waals surface area contributed by atoms with E-state index in [0.29, 0.717) is 16.7 Å². The number of fused-ring (bicyclic) bond motifs is 1. The zero-order valence-electron chi connectivity index (χ0n) is 16.2. The number of anilines is 1. The van der Waals surface area contributed by atoms with Crippen molar-refractivity contribution in [2.24, 2.45) is 7.05 Å². The summed E-state index contributed by atoms with van der Waals surface area (Å²) in [5, 5.41) is 3.93. The molecular formula is C24H21FN2O2. The molecule has 0 spiro atoms. The second-order valence-electron chi connectivity index (χ2n) is 6.90. The van der Waals surface area contributed by atoms with Crippen LogP contribution < -0.4 is 10.1 Å². The summed E-state index contributed by atoms with van der Waals surface area (Å²) in [6.45, 7) is 0. The molecule has 0 saturated heterocycles. The average Bonchev–Trinajstić information content (AvgIpc) is 3.08. The Morgan fingerprint density at radius 1 is 1.03 bits per heavy atom. The van der Waals surface area contributed by atoms with E-state index in [1.165, 1.54) is 12.1 Å². The minimum absolute atomic E-state index is 0.129. The first-order valence-electron chi connectivity index (χ1n) is 9.31. The first-order valence-corrected chi connectivity index (χ1v) is 9.31. The van der Waals surface area contributed by atoms with Crippen LogP contribution in [0.1, 0.15) is 22.0 Å². The third kappa shape index (κ3) is 3.72. The van der Waals surface area contributed by atoms with Crippen molar-refractivity contribution < 1.29 is 13.9 Å². The highest BCUT2D eigenvalue weighted by Gasteiger charge is 2.25. The number of aryl methyl sites for hydroxylation is 1. The number of Topliss-reactive ketones (excluding diaryl/α,β-unsaturated/α-hetero) is 1. The van der Waals surface area contributed by atoms with Gasteiger partial charge in [0, 0.05) is 41.5 Å². The van der Waals surface area contributed by atoms with Crippen LogP contribution in [0.2, 0.25) is 0 Å². The van der Waals surface area contributed by atoms with Crippen molar-refractivity contribution in [3.05, 3.63) is 95.9 Å². The SMILES string of the molecule is COc1cccc(NC(C(=O)c2cn(C)c3ccc(F)cc23)c2ccccc2)c1. The van der Waals surface area contributed by atoms with Crippen LogP contribution in [-0.4, -0.2) is 17.5 Å². The largest absolute Gasteiger partial charge is 0.497 e. The fourth-order valence-electron chi connectivity index (χ4n) is 3.54. The Bertz CT molecular complexity index is 1170. The summed E-state index contributed by atoms with van der Waals surface area (Å²) < 4.78 is 21.0. The van der Waals surface area contributed by atoms with Gasteiger partial charge in [-0.25, -0.2) is 4.39 Å². The van der Waals surface area contributed by atoms with Gasteiger partial charge in [-0.3, -0.25) is 4.79 Å². The maximum Gasteiger partial charge on any atom is 0.191 e. The standard InChI is InChI=1S/C24H21FN2O2/c1-27-15-21(20-13-17(25)11-12-22(20)27)24(28)23(16-7-4-3-5-8-16)26-18-9-6-10-19(14-18)29-2/h3-15,23,26H,1-2H3. The van der Waals surface area contributed by atoms with Gasteiger partial charge in [0.1, 0.15) is 17.6 Å². The lowest BCUT2D eigenvalue weighted by Crippen LogP contribution is -2.21. The summed E-state index contributed by atoms with van der Waals surface area (Å²) in [5.74, 6) is 0.200. The van der Waals surface area contributed by atoms with E-state index < -0.39 is 6.04 Å². The highest BCUT2D eigenvalue weighted by atomic mass is 19.1. The third-order valence-electron chi connectivity index (χ3n) is 4.99. The first-order chi connectivity index (χ1) is 14.1. The molecule has 5 heteroatoms. The molecule has 0 radical (unpaired) electrons. The lowest BCUT2D eigenvalue weighted by atomic mass is 9.96. The minimum atomic E-state index is -0.628. The minimum Gasteiger partial charge on any atom is -0.497 e. The van der Waals surface area contributed by atoms with Gasteiger partial charge < -0.3 is 14.6 Å². The third-order valence-corrected chi connectivity index (χ3v) is 4.99. The molecule has 4 aromatic rings. The van der Waals surface area contributed by atoms with E-state index in [-0.39, 0.29) is 11.6 Å². The number of nitrogens with one attached hydrogen (secondary N) is 1. The summed E-state index contributed by atoms with van der Waals surface area (Å²) in [4.78, 5) is 13.6. The molecule has 146 valence electrons. The van der Waals surface area contributed by atoms with E-state index >= 15 is 0 Å². The van der Waals surface area contributed by atoms with Crippen LogP contribution in [0.25, 0.3) is 10.9 Å². The Morgan fingerprint density at radius 2 is 1.83 bits per heavy atom. The van der Waals surface area contributed by atoms with E-state index in [1.54, 1.807) is 19.4 Å². The molecule has 0 amide bonds. The van der Waals surface area contributed by atoms with Gasteiger partial charge in [0.05, 0.1) is 7.11 Å². The van der Waals surface area contributed by atoms with Gasteiger partial charge in [0.25, 0.3) is 0 Å². The molecule has 1 atom stereocenters. The zero-order valence-corrected chi connectivity index (χ0v) is 16.2. The summed E-state index contributed by atoms with van der Waals surface area (Å²) in [7, 11) is 3.45. The van der Waals surface area contributed by atoms with Gasteiger partial charge in [-0.05, 0) is 35.9 Å². The second kappa shape index (κ2) is 7.80. The normalized spacial score (nSPS) is 12.0. The Kier molecular flexibility index (Phi) is 5.04. The molecule has 0 fully saturated rings. The molecule has 0 aliphatic rings. The Balaban J connectivity index is 1.79. The number of carbonyl (C=O) groups excluding carboxylic acids is 1. The van der Waals surface area contributed by atoms with E-state index in [1.807, 2.05) is 66.2 Å². The fraction of sp³-hybridized carbons (Fsp3) is 0.125. The summed E-state index contributed by atoms with van der Waals surface area (Å²) in [6.07, 6.45) is 1.76. The molecule has 3 aromatic carbocycles. The van der Waals surface area contributed by atoms with Crippen LogP contribution in [0.5, 0.6) is 5.75 Å². The van der Waals surface area contributed by atoms with Gasteiger partial charge in [-0.1, -0.05) is 36.4 Å². The van der Waals surface area contributed by atoms with Gasteiger partial charge in [-0.15, -0.1) is 0 Å². The average molecular weight is 388 g/mol. The predicted molar refractivity (Wildman–Crippen MR) is 113 cm³/mol.